The van der Waals surface area contributed by atoms with Gasteiger partial charge in [0, 0.05) is 23.2 Å². The zero-order valence-corrected chi connectivity index (χ0v) is 18.1. The standard InChI is InChI=1S/C24H27NO6/c1-5-30-21-12-6-17(14-22(21)29-4)7-13-23(27)31-15-20(26)18-8-10-19(11-9-18)25-24(28)16(2)3/h6-14,16H,5,15H2,1-4H3,(H,25,28)/b13-7+. The Kier molecular flexibility index (Phi) is 8.81. The fraction of sp³-hybridized carbons (Fsp3) is 0.292. The minimum absolute atomic E-state index is 0.107. The van der Waals surface area contributed by atoms with Crippen LogP contribution in [-0.2, 0) is 14.3 Å². The van der Waals surface area contributed by atoms with E-state index in [1.165, 1.54) is 13.2 Å². The van der Waals surface area contributed by atoms with Crippen molar-refractivity contribution < 1.29 is 28.6 Å². The Morgan fingerprint density at radius 3 is 2.35 bits per heavy atom. The Morgan fingerprint density at radius 1 is 1.03 bits per heavy atom. The maximum Gasteiger partial charge on any atom is 0.331 e. The van der Waals surface area contributed by atoms with Crippen molar-refractivity contribution in [3.63, 3.8) is 0 Å². The van der Waals surface area contributed by atoms with Gasteiger partial charge < -0.3 is 19.5 Å². The van der Waals surface area contributed by atoms with Crippen LogP contribution in [0.3, 0.4) is 0 Å². The van der Waals surface area contributed by atoms with Gasteiger partial charge in [-0.3, -0.25) is 9.59 Å². The number of carbonyl (C=O) groups is 3. The lowest BCUT2D eigenvalue weighted by molar-refractivity contribution is -0.136. The molecular weight excluding hydrogens is 398 g/mol. The molecule has 0 aliphatic rings. The number of ether oxygens (including phenoxy) is 3. The molecular formula is C24H27NO6. The van der Waals surface area contributed by atoms with E-state index in [9.17, 15) is 14.4 Å². The van der Waals surface area contributed by atoms with Crippen LogP contribution >= 0.6 is 0 Å². The van der Waals surface area contributed by atoms with Crippen LogP contribution in [0.25, 0.3) is 6.08 Å². The summed E-state index contributed by atoms with van der Waals surface area (Å²) in [4.78, 5) is 35.9. The van der Waals surface area contributed by atoms with Crippen LogP contribution in [0.5, 0.6) is 11.5 Å². The van der Waals surface area contributed by atoms with Gasteiger partial charge in [-0.25, -0.2) is 4.79 Å². The minimum atomic E-state index is -0.637. The third kappa shape index (κ3) is 7.29. The predicted octanol–water partition coefficient (Wildman–Crippen LogP) is 4.13. The van der Waals surface area contributed by atoms with Gasteiger partial charge in [-0.2, -0.15) is 0 Å². The van der Waals surface area contributed by atoms with E-state index in [4.69, 9.17) is 14.2 Å². The number of ketones is 1. The SMILES string of the molecule is CCOc1ccc(/C=C/C(=O)OCC(=O)c2ccc(NC(=O)C(C)C)cc2)cc1OC. The van der Waals surface area contributed by atoms with Crippen LogP contribution < -0.4 is 14.8 Å². The highest BCUT2D eigenvalue weighted by Gasteiger charge is 2.11. The molecule has 0 radical (unpaired) electrons. The van der Waals surface area contributed by atoms with E-state index in [0.29, 0.717) is 29.4 Å². The molecule has 7 heteroatoms. The first kappa shape index (κ1) is 23.7. The van der Waals surface area contributed by atoms with Crippen LogP contribution in [0.2, 0.25) is 0 Å². The number of hydrogen-bond donors (Lipinski definition) is 1. The number of carbonyl (C=O) groups excluding carboxylic acids is 3. The molecule has 1 amide bonds. The number of methoxy groups -OCH3 is 1. The molecule has 0 spiro atoms. The first-order valence-electron chi connectivity index (χ1n) is 9.93. The van der Waals surface area contributed by atoms with E-state index in [0.717, 1.165) is 5.56 Å². The van der Waals surface area contributed by atoms with Crippen LogP contribution in [0, 0.1) is 5.92 Å². The van der Waals surface area contributed by atoms with E-state index >= 15 is 0 Å². The molecule has 164 valence electrons. The molecule has 31 heavy (non-hydrogen) atoms. The van der Waals surface area contributed by atoms with Crippen molar-refractivity contribution in [3.8, 4) is 11.5 Å². The zero-order valence-electron chi connectivity index (χ0n) is 18.1. The lowest BCUT2D eigenvalue weighted by Gasteiger charge is -2.09. The second-order valence-electron chi connectivity index (χ2n) is 6.93. The van der Waals surface area contributed by atoms with Crippen LogP contribution in [0.15, 0.2) is 48.5 Å². The summed E-state index contributed by atoms with van der Waals surface area (Å²) in [5, 5.41) is 2.75. The van der Waals surface area contributed by atoms with Gasteiger partial charge in [0.05, 0.1) is 13.7 Å². The fourth-order valence-electron chi connectivity index (χ4n) is 2.52. The van der Waals surface area contributed by atoms with Crippen LogP contribution in [0.4, 0.5) is 5.69 Å². The van der Waals surface area contributed by atoms with E-state index in [2.05, 4.69) is 5.32 Å². The molecule has 2 aromatic carbocycles. The number of nitrogens with one attached hydrogen (secondary N) is 1. The first-order chi connectivity index (χ1) is 14.8. The summed E-state index contributed by atoms with van der Waals surface area (Å²) in [6.07, 6.45) is 2.81. The van der Waals surface area contributed by atoms with E-state index < -0.39 is 5.97 Å². The zero-order chi connectivity index (χ0) is 22.8. The molecule has 0 heterocycles. The van der Waals surface area contributed by atoms with Crippen molar-refractivity contribution >= 4 is 29.4 Å². The Labute approximate surface area is 182 Å². The number of esters is 1. The third-order valence-electron chi connectivity index (χ3n) is 4.24. The summed E-state index contributed by atoms with van der Waals surface area (Å²) in [5.74, 6) is -0.0543. The van der Waals surface area contributed by atoms with Gasteiger partial charge in [0.15, 0.2) is 23.9 Å². The molecule has 0 unspecified atom stereocenters. The number of amides is 1. The van der Waals surface area contributed by atoms with Crippen molar-refractivity contribution in [2.75, 3.05) is 25.6 Å². The Morgan fingerprint density at radius 2 is 1.74 bits per heavy atom. The molecule has 1 N–H and O–H groups in total. The van der Waals surface area contributed by atoms with Crippen LogP contribution in [-0.4, -0.2) is 38.0 Å². The molecule has 0 aliphatic carbocycles. The van der Waals surface area contributed by atoms with E-state index in [1.54, 1.807) is 62.4 Å². The normalized spacial score (nSPS) is 10.7. The molecule has 0 atom stereocenters. The van der Waals surface area contributed by atoms with Gasteiger partial charge in [-0.05, 0) is 55.0 Å². The molecule has 0 bridgehead atoms. The maximum absolute atomic E-state index is 12.2. The number of hydrogen-bond acceptors (Lipinski definition) is 6. The Hall–Kier alpha value is -3.61. The number of anilines is 1. The lowest BCUT2D eigenvalue weighted by atomic mass is 10.1. The highest BCUT2D eigenvalue weighted by atomic mass is 16.5. The smallest absolute Gasteiger partial charge is 0.331 e. The van der Waals surface area contributed by atoms with Gasteiger partial charge in [-0.15, -0.1) is 0 Å². The second kappa shape index (κ2) is 11.5. The molecule has 0 saturated carbocycles. The van der Waals surface area contributed by atoms with Gasteiger partial charge in [0.25, 0.3) is 0 Å². The topological polar surface area (TPSA) is 90.9 Å². The summed E-state index contributed by atoms with van der Waals surface area (Å²) in [6.45, 7) is 5.60. The molecule has 7 nitrogen and oxygen atoms in total. The molecule has 0 aliphatic heterocycles. The number of benzene rings is 2. The molecule has 2 aromatic rings. The second-order valence-corrected chi connectivity index (χ2v) is 6.93. The van der Waals surface area contributed by atoms with Crippen LogP contribution in [0.1, 0.15) is 36.7 Å². The monoisotopic (exact) mass is 425 g/mol. The highest BCUT2D eigenvalue weighted by molar-refractivity contribution is 5.99. The first-order valence-corrected chi connectivity index (χ1v) is 9.93. The summed E-state index contributed by atoms with van der Waals surface area (Å²) in [7, 11) is 1.54. The van der Waals surface area contributed by atoms with Gasteiger partial charge in [0.1, 0.15) is 0 Å². The molecule has 0 saturated heterocycles. The Balaban J connectivity index is 1.89. The summed E-state index contributed by atoms with van der Waals surface area (Å²) < 4.78 is 15.7. The number of rotatable bonds is 10. The lowest BCUT2D eigenvalue weighted by Crippen LogP contribution is -2.18. The third-order valence-corrected chi connectivity index (χ3v) is 4.24. The minimum Gasteiger partial charge on any atom is -0.493 e. The van der Waals surface area contributed by atoms with Gasteiger partial charge in [-0.1, -0.05) is 19.9 Å². The molecule has 2 rings (SSSR count). The fourth-order valence-corrected chi connectivity index (χ4v) is 2.52. The highest BCUT2D eigenvalue weighted by Crippen LogP contribution is 2.28. The average Bonchev–Trinajstić information content (AvgIpc) is 2.77. The average molecular weight is 425 g/mol. The number of Topliss-reactive ketones (excluding diaryl/α,β-unsaturated/α-hetero) is 1. The van der Waals surface area contributed by atoms with E-state index in [-0.39, 0.29) is 24.2 Å². The van der Waals surface area contributed by atoms with Crippen molar-refractivity contribution in [2.24, 2.45) is 5.92 Å². The van der Waals surface area contributed by atoms with Crippen molar-refractivity contribution in [3.05, 3.63) is 59.7 Å². The van der Waals surface area contributed by atoms with Crippen molar-refractivity contribution in [2.45, 2.75) is 20.8 Å². The van der Waals surface area contributed by atoms with Crippen molar-refractivity contribution in [1.82, 2.24) is 0 Å². The Bertz CT molecular complexity index is 947. The van der Waals surface area contributed by atoms with Gasteiger partial charge in [0.2, 0.25) is 5.91 Å². The quantitative estimate of drug-likeness (QED) is 0.350. The summed E-state index contributed by atoms with van der Waals surface area (Å²) in [6, 6.07) is 11.7. The van der Waals surface area contributed by atoms with E-state index in [1.807, 2.05) is 6.92 Å². The molecule has 0 aromatic heterocycles. The molecule has 0 fully saturated rings. The van der Waals surface area contributed by atoms with Gasteiger partial charge >= 0.3 is 5.97 Å². The predicted molar refractivity (Wildman–Crippen MR) is 118 cm³/mol. The summed E-state index contributed by atoms with van der Waals surface area (Å²) >= 11 is 0. The van der Waals surface area contributed by atoms with Crippen molar-refractivity contribution in [1.29, 1.82) is 0 Å². The largest absolute Gasteiger partial charge is 0.493 e. The summed E-state index contributed by atoms with van der Waals surface area (Å²) in [5.41, 5.74) is 1.71. The maximum atomic E-state index is 12.2.